The van der Waals surface area contributed by atoms with Crippen LogP contribution in [0.3, 0.4) is 0 Å². The van der Waals surface area contributed by atoms with Gasteiger partial charge >= 0.3 is 0 Å². The van der Waals surface area contributed by atoms with Gasteiger partial charge in [0, 0.05) is 17.8 Å². The molecule has 2 rings (SSSR count). The number of hydrogen-bond donors (Lipinski definition) is 3. The number of hydrogen-bond acceptors (Lipinski definition) is 7. The van der Waals surface area contributed by atoms with E-state index in [1.807, 2.05) is 6.92 Å². The lowest BCUT2D eigenvalue weighted by Gasteiger charge is -2.06. The second kappa shape index (κ2) is 5.85. The molecule has 0 aliphatic rings. The van der Waals surface area contributed by atoms with Gasteiger partial charge in [-0.15, -0.1) is 10.2 Å². The van der Waals surface area contributed by atoms with Crippen LogP contribution in [0.4, 0.5) is 5.13 Å². The molecule has 0 bridgehead atoms. The van der Waals surface area contributed by atoms with Crippen LogP contribution in [-0.2, 0) is 16.6 Å². The zero-order valence-corrected chi connectivity index (χ0v) is 13.0. The van der Waals surface area contributed by atoms with Gasteiger partial charge in [0.15, 0.2) is 0 Å². The van der Waals surface area contributed by atoms with Gasteiger partial charge in [0.05, 0.1) is 0 Å². The Bertz CT molecular complexity index is 690. The van der Waals surface area contributed by atoms with Crippen LogP contribution in [0.2, 0.25) is 0 Å². The first-order valence-electron chi connectivity index (χ1n) is 6.01. The molecule has 0 aliphatic heterocycles. The fraction of sp³-hybridized carbons (Fsp3) is 0.500. The van der Waals surface area contributed by atoms with Gasteiger partial charge < -0.3 is 5.32 Å². The average Bonchev–Trinajstić information content (AvgIpc) is 2.93. The number of aromatic nitrogens is 4. The monoisotopic (exact) mass is 316 g/mol. The molecule has 0 saturated carbocycles. The van der Waals surface area contributed by atoms with E-state index < -0.39 is 10.0 Å². The number of nitrogens with zero attached hydrogens (tertiary/aromatic N) is 3. The average molecular weight is 316 g/mol. The Morgan fingerprint density at radius 1 is 1.30 bits per heavy atom. The van der Waals surface area contributed by atoms with E-state index in [9.17, 15) is 8.42 Å². The van der Waals surface area contributed by atoms with Gasteiger partial charge in [0.1, 0.15) is 5.01 Å². The van der Waals surface area contributed by atoms with E-state index in [1.165, 1.54) is 11.3 Å². The maximum absolute atomic E-state index is 12.3. The molecule has 0 amide bonds. The molecule has 0 spiro atoms. The van der Waals surface area contributed by atoms with Crippen molar-refractivity contribution in [2.24, 2.45) is 0 Å². The molecule has 0 aliphatic carbocycles. The number of aryl methyl sites for hydroxylation is 2. The van der Waals surface area contributed by atoms with Crippen LogP contribution >= 0.6 is 11.3 Å². The van der Waals surface area contributed by atoms with Crippen LogP contribution in [-0.4, -0.2) is 35.4 Å². The molecule has 0 radical (unpaired) electrons. The summed E-state index contributed by atoms with van der Waals surface area (Å²) in [4.78, 5) is 0. The van der Waals surface area contributed by atoms with Gasteiger partial charge in [-0.1, -0.05) is 18.3 Å². The normalized spacial score (nSPS) is 11.8. The zero-order chi connectivity index (χ0) is 14.8. The third-order valence-corrected chi connectivity index (χ3v) is 4.78. The summed E-state index contributed by atoms with van der Waals surface area (Å²) in [7, 11) is -3.76. The number of nitrogens with one attached hydrogen (secondary N) is 3. The van der Waals surface area contributed by atoms with E-state index in [0.717, 1.165) is 12.2 Å². The summed E-state index contributed by atoms with van der Waals surface area (Å²) in [5.74, 6) is 0. The third kappa shape index (κ3) is 3.14. The number of rotatable bonds is 6. The summed E-state index contributed by atoms with van der Waals surface area (Å²) >= 11 is 1.17. The van der Waals surface area contributed by atoms with Crippen molar-refractivity contribution in [1.29, 1.82) is 0 Å². The molecular formula is C10H16N6O2S2. The Morgan fingerprint density at radius 3 is 2.65 bits per heavy atom. The lowest BCUT2D eigenvalue weighted by molar-refractivity contribution is 0.594. The second-order valence-corrected chi connectivity index (χ2v) is 6.92. The third-order valence-electron chi connectivity index (χ3n) is 2.59. The maximum Gasteiger partial charge on any atom is 0.283 e. The standard InChI is InChI=1S/C10H16N6O2S2/c1-4-11-5-8-6(2)12-14-9(8)20(17,18)16-10-15-13-7(3)19-10/h11H,4-5H2,1-3H3,(H,12,14)(H,15,16). The minimum absolute atomic E-state index is 0.0104. The van der Waals surface area contributed by atoms with Gasteiger partial charge in [-0.25, -0.2) is 0 Å². The maximum atomic E-state index is 12.3. The van der Waals surface area contributed by atoms with Gasteiger partial charge in [-0.3, -0.25) is 9.82 Å². The van der Waals surface area contributed by atoms with Crippen LogP contribution < -0.4 is 10.0 Å². The largest absolute Gasteiger partial charge is 0.313 e. The molecular weight excluding hydrogens is 300 g/mol. The Kier molecular flexibility index (Phi) is 4.35. The summed E-state index contributed by atoms with van der Waals surface area (Å²) in [6.07, 6.45) is 0. The molecule has 110 valence electrons. The summed E-state index contributed by atoms with van der Waals surface area (Å²) in [5.41, 5.74) is 1.35. The smallest absolute Gasteiger partial charge is 0.283 e. The fourth-order valence-electron chi connectivity index (χ4n) is 1.61. The van der Waals surface area contributed by atoms with Gasteiger partial charge in [-0.05, 0) is 20.4 Å². The minimum Gasteiger partial charge on any atom is -0.313 e. The lowest BCUT2D eigenvalue weighted by Crippen LogP contribution is -2.19. The fourth-order valence-corrected chi connectivity index (χ4v) is 3.63. The highest BCUT2D eigenvalue weighted by molar-refractivity contribution is 7.92. The lowest BCUT2D eigenvalue weighted by atomic mass is 10.2. The predicted octanol–water partition coefficient (Wildman–Crippen LogP) is 0.788. The first kappa shape index (κ1) is 14.9. The van der Waals surface area contributed by atoms with Crippen molar-refractivity contribution < 1.29 is 8.42 Å². The number of aromatic amines is 1. The van der Waals surface area contributed by atoms with Crippen molar-refractivity contribution in [3.8, 4) is 0 Å². The number of sulfonamides is 1. The Hall–Kier alpha value is -1.52. The molecule has 0 saturated heterocycles. The Labute approximate surface area is 121 Å². The molecule has 2 aromatic heterocycles. The molecule has 0 fully saturated rings. The molecule has 2 heterocycles. The first-order chi connectivity index (χ1) is 9.44. The van der Waals surface area contributed by atoms with E-state index in [0.29, 0.717) is 17.1 Å². The van der Waals surface area contributed by atoms with Crippen molar-refractivity contribution >= 4 is 26.5 Å². The highest BCUT2D eigenvalue weighted by Gasteiger charge is 2.24. The van der Waals surface area contributed by atoms with Crippen molar-refractivity contribution in [2.75, 3.05) is 11.3 Å². The predicted molar refractivity (Wildman–Crippen MR) is 76.2 cm³/mol. The highest BCUT2D eigenvalue weighted by Crippen LogP contribution is 2.21. The summed E-state index contributed by atoms with van der Waals surface area (Å²) in [6.45, 7) is 6.67. The van der Waals surface area contributed by atoms with Crippen LogP contribution in [0.1, 0.15) is 23.2 Å². The second-order valence-electron chi connectivity index (χ2n) is 4.14. The van der Waals surface area contributed by atoms with E-state index in [1.54, 1.807) is 13.8 Å². The van der Waals surface area contributed by atoms with Crippen molar-refractivity contribution in [3.63, 3.8) is 0 Å². The van der Waals surface area contributed by atoms with E-state index >= 15 is 0 Å². The van der Waals surface area contributed by atoms with Crippen LogP contribution in [0, 0.1) is 13.8 Å². The molecule has 3 N–H and O–H groups in total. The van der Waals surface area contributed by atoms with E-state index in [-0.39, 0.29) is 10.2 Å². The van der Waals surface area contributed by atoms with Gasteiger partial charge in [0.25, 0.3) is 10.0 Å². The highest BCUT2D eigenvalue weighted by atomic mass is 32.2. The van der Waals surface area contributed by atoms with E-state index in [4.69, 9.17) is 0 Å². The van der Waals surface area contributed by atoms with Crippen LogP contribution in [0.5, 0.6) is 0 Å². The molecule has 8 nitrogen and oxygen atoms in total. The van der Waals surface area contributed by atoms with Gasteiger partial charge in [0.2, 0.25) is 10.2 Å². The Morgan fingerprint density at radius 2 is 2.05 bits per heavy atom. The minimum atomic E-state index is -3.76. The van der Waals surface area contributed by atoms with Crippen LogP contribution in [0.25, 0.3) is 0 Å². The van der Waals surface area contributed by atoms with Crippen molar-refractivity contribution in [3.05, 3.63) is 16.3 Å². The van der Waals surface area contributed by atoms with Crippen LogP contribution in [0.15, 0.2) is 5.03 Å². The molecule has 0 unspecified atom stereocenters. The molecule has 20 heavy (non-hydrogen) atoms. The number of H-pyrrole nitrogens is 1. The topological polar surface area (TPSA) is 113 Å². The summed E-state index contributed by atoms with van der Waals surface area (Å²) in [6, 6.07) is 0. The van der Waals surface area contributed by atoms with E-state index in [2.05, 4.69) is 30.4 Å². The SMILES string of the molecule is CCNCc1c(S(=O)(=O)Nc2nnc(C)s2)n[nH]c1C. The first-order valence-corrected chi connectivity index (χ1v) is 8.31. The zero-order valence-electron chi connectivity index (χ0n) is 11.4. The van der Waals surface area contributed by atoms with Gasteiger partial charge in [-0.2, -0.15) is 13.5 Å². The molecule has 10 heteroatoms. The molecule has 2 aromatic rings. The number of anilines is 1. The van der Waals surface area contributed by atoms with Crippen molar-refractivity contribution in [2.45, 2.75) is 32.3 Å². The quantitative estimate of drug-likeness (QED) is 0.726. The van der Waals surface area contributed by atoms with Crippen molar-refractivity contribution in [1.82, 2.24) is 25.7 Å². The molecule has 0 atom stereocenters. The summed E-state index contributed by atoms with van der Waals surface area (Å²) in [5, 5.41) is 18.1. The Balaban J connectivity index is 2.29. The summed E-state index contributed by atoms with van der Waals surface area (Å²) < 4.78 is 27.0. The molecule has 0 aromatic carbocycles.